The van der Waals surface area contributed by atoms with Crippen molar-refractivity contribution in [2.45, 2.75) is 122 Å². The largest absolute Gasteiger partial charge is 0.508 e. The van der Waals surface area contributed by atoms with Crippen LogP contribution in [0.25, 0.3) is 11.1 Å². The topological polar surface area (TPSA) is 153 Å². The number of methoxy groups -OCH3 is 1. The Hall–Kier alpha value is -4.11. The summed E-state index contributed by atoms with van der Waals surface area (Å²) in [6.07, 6.45) is 9.74. The molecule has 1 aliphatic heterocycles. The maximum absolute atomic E-state index is 11.8. The third-order valence-electron chi connectivity index (χ3n) is 11.1. The summed E-state index contributed by atoms with van der Waals surface area (Å²) in [5.41, 5.74) is 18.3. The van der Waals surface area contributed by atoms with Crippen molar-refractivity contribution in [3.8, 4) is 39.9 Å². The van der Waals surface area contributed by atoms with E-state index in [1.54, 1.807) is 19.2 Å². The molecule has 5 atom stereocenters. The monoisotopic (exact) mass is 699 g/mol. The second kappa shape index (κ2) is 16.1. The van der Waals surface area contributed by atoms with Crippen molar-refractivity contribution in [2.24, 2.45) is 28.3 Å². The van der Waals surface area contributed by atoms with Crippen LogP contribution in [-0.4, -0.2) is 47.1 Å². The number of nitrogens with two attached hydrogens (primary N) is 2. The number of hydrogen-bond acceptors (Lipinski definition) is 7. The van der Waals surface area contributed by atoms with Gasteiger partial charge in [-0.1, -0.05) is 52.5 Å². The van der Waals surface area contributed by atoms with Crippen LogP contribution >= 0.6 is 0 Å². The van der Waals surface area contributed by atoms with Crippen LogP contribution in [0.5, 0.6) is 28.7 Å². The lowest BCUT2D eigenvalue weighted by atomic mass is 9.72. The number of aromatic hydroxyl groups is 2. The molecule has 0 aromatic heterocycles. The van der Waals surface area contributed by atoms with Crippen molar-refractivity contribution >= 4 is 5.96 Å². The van der Waals surface area contributed by atoms with Crippen molar-refractivity contribution in [3.05, 3.63) is 64.2 Å². The SMILES string of the molecule is CCCCC[C@H]1Cc2cc(O)c(CC(C)C)cc2-c2c(OC)cc3c(c21)C[C@@H](O)[C@H](c1ccc(O)c(O[C@H]2CCCC[C@@H]2CCN=C(N)N)c1)O3. The van der Waals surface area contributed by atoms with E-state index in [9.17, 15) is 15.3 Å². The first-order valence-electron chi connectivity index (χ1n) is 19.1. The fourth-order valence-electron chi connectivity index (χ4n) is 8.64. The minimum atomic E-state index is -0.816. The van der Waals surface area contributed by atoms with Gasteiger partial charge in [-0.3, -0.25) is 4.99 Å². The van der Waals surface area contributed by atoms with Crippen molar-refractivity contribution < 1.29 is 29.5 Å². The quantitative estimate of drug-likeness (QED) is 0.0688. The maximum atomic E-state index is 11.8. The van der Waals surface area contributed by atoms with E-state index in [1.165, 1.54) is 5.56 Å². The minimum absolute atomic E-state index is 0.0604. The van der Waals surface area contributed by atoms with E-state index in [4.69, 9.17) is 25.7 Å². The van der Waals surface area contributed by atoms with Gasteiger partial charge in [-0.05, 0) is 115 Å². The molecule has 9 heteroatoms. The van der Waals surface area contributed by atoms with Crippen LogP contribution < -0.4 is 25.7 Å². The molecule has 0 unspecified atom stereocenters. The number of hydrogen-bond donors (Lipinski definition) is 5. The van der Waals surface area contributed by atoms with Crippen LogP contribution in [0.15, 0.2) is 41.4 Å². The highest BCUT2D eigenvalue weighted by atomic mass is 16.5. The number of aliphatic hydroxyl groups is 1. The molecule has 9 nitrogen and oxygen atoms in total. The number of rotatable bonds is 13. The number of guanidine groups is 1. The molecule has 1 saturated carbocycles. The van der Waals surface area contributed by atoms with Gasteiger partial charge in [0.05, 0.1) is 13.2 Å². The molecule has 3 aromatic carbocycles. The molecule has 0 saturated heterocycles. The Morgan fingerprint density at radius 2 is 1.78 bits per heavy atom. The van der Waals surface area contributed by atoms with Crippen molar-refractivity contribution in [2.75, 3.05) is 13.7 Å². The standard InChI is InChI=1S/C42H57N3O6/c1-5-6-7-11-26-18-28-20-33(47)29(17-24(2)3)19-30(28)40-38(49-4)23-36-31(39(26)40)22-34(48)41(51-36)27-13-14-32(46)37(21-27)50-35-12-9-8-10-25(35)15-16-45-42(43)44/h13-14,19-21,23-26,34-35,41,46-48H,5-12,15-18,22H2,1-4H3,(H4,43,44,45)/t25-,26+,34-,35+,41+/m1/s1. The fraction of sp³-hybridized carbons (Fsp3) is 0.548. The number of phenols is 2. The number of nitrogens with zero attached hydrogens (tertiary/aromatic N) is 1. The predicted octanol–water partition coefficient (Wildman–Crippen LogP) is 7.83. The minimum Gasteiger partial charge on any atom is -0.508 e. The van der Waals surface area contributed by atoms with Crippen molar-refractivity contribution in [1.29, 1.82) is 0 Å². The summed E-state index contributed by atoms with van der Waals surface area (Å²) >= 11 is 0. The molecule has 1 fully saturated rings. The Labute approximate surface area is 303 Å². The summed E-state index contributed by atoms with van der Waals surface area (Å²) < 4.78 is 19.4. The van der Waals surface area contributed by atoms with Crippen molar-refractivity contribution in [1.82, 2.24) is 0 Å². The highest BCUT2D eigenvalue weighted by molar-refractivity contribution is 5.83. The molecule has 1 heterocycles. The average Bonchev–Trinajstić information content (AvgIpc) is 3.09. The maximum Gasteiger partial charge on any atom is 0.185 e. The van der Waals surface area contributed by atoms with Gasteiger partial charge in [-0.2, -0.15) is 0 Å². The van der Waals surface area contributed by atoms with E-state index in [1.807, 2.05) is 18.2 Å². The molecule has 0 amide bonds. The summed E-state index contributed by atoms with van der Waals surface area (Å²) in [5.74, 6) is 3.23. The van der Waals surface area contributed by atoms with Gasteiger partial charge in [0.2, 0.25) is 0 Å². The van der Waals surface area contributed by atoms with Crippen LogP contribution in [0, 0.1) is 11.8 Å². The molecule has 3 aliphatic rings. The smallest absolute Gasteiger partial charge is 0.185 e. The molecule has 0 radical (unpaired) electrons. The Morgan fingerprint density at radius 1 is 0.980 bits per heavy atom. The van der Waals surface area contributed by atoms with E-state index in [0.717, 1.165) is 110 Å². The van der Waals surface area contributed by atoms with Crippen LogP contribution in [0.3, 0.4) is 0 Å². The molecule has 2 aliphatic carbocycles. The number of phenolic OH excluding ortho intramolecular Hbond substituents is 2. The second-order valence-corrected chi connectivity index (χ2v) is 15.3. The number of aliphatic hydroxyl groups excluding tert-OH is 1. The van der Waals surface area contributed by atoms with Gasteiger partial charge >= 0.3 is 0 Å². The number of unbranched alkanes of at least 4 members (excludes halogenated alkanes) is 2. The highest BCUT2D eigenvalue weighted by Gasteiger charge is 2.38. The first kappa shape index (κ1) is 36.7. The highest BCUT2D eigenvalue weighted by Crippen LogP contribution is 2.54. The van der Waals surface area contributed by atoms with Crippen LogP contribution in [0.4, 0.5) is 0 Å². The molecule has 51 heavy (non-hydrogen) atoms. The summed E-state index contributed by atoms with van der Waals surface area (Å²) in [6, 6.07) is 11.3. The van der Waals surface area contributed by atoms with Crippen LogP contribution in [0.1, 0.15) is 118 Å². The molecular weight excluding hydrogens is 642 g/mol. The van der Waals surface area contributed by atoms with Gasteiger partial charge in [-0.25, -0.2) is 0 Å². The molecule has 3 aromatic rings. The summed E-state index contributed by atoms with van der Waals surface area (Å²) in [4.78, 5) is 4.17. The van der Waals surface area contributed by atoms with Crippen LogP contribution in [0.2, 0.25) is 0 Å². The Bertz CT molecular complexity index is 1720. The van der Waals surface area contributed by atoms with E-state index >= 15 is 0 Å². The van der Waals surface area contributed by atoms with Gasteiger partial charge in [0, 0.05) is 30.2 Å². The first-order valence-corrected chi connectivity index (χ1v) is 19.1. The van der Waals surface area contributed by atoms with E-state index < -0.39 is 12.2 Å². The first-order chi connectivity index (χ1) is 24.6. The van der Waals surface area contributed by atoms with E-state index in [0.29, 0.717) is 36.1 Å². The zero-order valence-corrected chi connectivity index (χ0v) is 30.8. The Balaban J connectivity index is 1.34. The lowest BCUT2D eigenvalue weighted by Crippen LogP contribution is -2.33. The molecule has 0 bridgehead atoms. The lowest BCUT2D eigenvalue weighted by Gasteiger charge is -2.38. The Morgan fingerprint density at radius 3 is 2.53 bits per heavy atom. The lowest BCUT2D eigenvalue weighted by molar-refractivity contribution is 0.0198. The molecule has 0 spiro atoms. The number of ether oxygens (including phenoxy) is 3. The molecular formula is C42H57N3O6. The summed E-state index contributed by atoms with van der Waals surface area (Å²) in [5, 5.41) is 33.7. The van der Waals surface area contributed by atoms with Gasteiger partial charge in [-0.15, -0.1) is 0 Å². The summed E-state index contributed by atoms with van der Waals surface area (Å²) in [6.45, 7) is 7.09. The van der Waals surface area contributed by atoms with Gasteiger partial charge < -0.3 is 41.0 Å². The number of benzene rings is 3. The fourth-order valence-corrected chi connectivity index (χ4v) is 8.64. The molecule has 6 rings (SSSR count). The van der Waals surface area contributed by atoms with E-state index in [2.05, 4.69) is 31.8 Å². The third-order valence-corrected chi connectivity index (χ3v) is 11.1. The number of fused-ring (bicyclic) bond motifs is 5. The molecule has 7 N–H and O–H groups in total. The second-order valence-electron chi connectivity index (χ2n) is 15.3. The zero-order valence-electron chi connectivity index (χ0n) is 30.8. The van der Waals surface area contributed by atoms with E-state index in [-0.39, 0.29) is 29.6 Å². The van der Waals surface area contributed by atoms with Gasteiger partial charge in [0.25, 0.3) is 0 Å². The number of aliphatic imine (C=N–C) groups is 1. The predicted molar refractivity (Wildman–Crippen MR) is 202 cm³/mol. The average molecular weight is 700 g/mol. The zero-order chi connectivity index (χ0) is 36.2. The normalized spacial score (nSPS) is 22.4. The van der Waals surface area contributed by atoms with Gasteiger partial charge in [0.1, 0.15) is 29.5 Å². The van der Waals surface area contributed by atoms with Crippen LogP contribution in [-0.2, 0) is 19.3 Å². The summed E-state index contributed by atoms with van der Waals surface area (Å²) in [7, 11) is 1.70. The van der Waals surface area contributed by atoms with Crippen molar-refractivity contribution in [3.63, 3.8) is 0 Å². The van der Waals surface area contributed by atoms with Gasteiger partial charge in [0.15, 0.2) is 17.5 Å². The molecule has 276 valence electrons. The Kier molecular flexibility index (Phi) is 11.5. The third kappa shape index (κ3) is 8.03.